The molecule has 0 aromatic rings. The largest absolute Gasteiger partial charge is 0.366 e. The minimum absolute atomic E-state index is 0.321. The Morgan fingerprint density at radius 1 is 1.21 bits per heavy atom. The highest BCUT2D eigenvalue weighted by Gasteiger charge is 2.08. The summed E-state index contributed by atoms with van der Waals surface area (Å²) in [6.07, 6.45) is 6.60. The fourth-order valence-corrected chi connectivity index (χ4v) is 1.04. The van der Waals surface area contributed by atoms with E-state index < -0.39 is 0 Å². The minimum Gasteiger partial charge on any atom is -0.366 e. The number of hydrogen-bond donors (Lipinski definition) is 1. The third kappa shape index (κ3) is 22.4. The van der Waals surface area contributed by atoms with Crippen LogP contribution in [0.5, 0.6) is 0 Å². The highest BCUT2D eigenvalue weighted by molar-refractivity contribution is 5.91. The van der Waals surface area contributed by atoms with Crippen LogP contribution < -0.4 is 5.73 Å². The molecule has 0 bridgehead atoms. The summed E-state index contributed by atoms with van der Waals surface area (Å²) < 4.78 is 0. The number of rotatable bonds is 5. The monoisotopic (exact) mass is 269 g/mol. The summed E-state index contributed by atoms with van der Waals surface area (Å²) in [7, 11) is 0. The van der Waals surface area contributed by atoms with Crippen molar-refractivity contribution in [3.63, 3.8) is 0 Å². The van der Waals surface area contributed by atoms with Gasteiger partial charge in [0.25, 0.3) is 0 Å². The molecule has 2 N–H and O–H groups in total. The first-order valence-electron chi connectivity index (χ1n) is 7.14. The Hall–Kier alpha value is -1.31. The molecule has 19 heavy (non-hydrogen) atoms. The summed E-state index contributed by atoms with van der Waals surface area (Å²) >= 11 is 0. The predicted molar refractivity (Wildman–Crippen MR) is 90.1 cm³/mol. The van der Waals surface area contributed by atoms with Crippen molar-refractivity contribution in [2.45, 2.75) is 60.8 Å². The third-order valence-electron chi connectivity index (χ3n) is 2.00. The predicted octanol–water partition coefficient (Wildman–Crippen LogP) is 5.27. The van der Waals surface area contributed by atoms with E-state index >= 15 is 0 Å². The quantitative estimate of drug-likeness (QED) is 0.536. The summed E-state index contributed by atoms with van der Waals surface area (Å²) in [6.45, 7) is 21.8. The highest BCUT2D eigenvalue weighted by atomic mass is 16.1. The summed E-state index contributed by atoms with van der Waals surface area (Å²) in [6, 6.07) is 0. The molecule has 114 valence electrons. The number of hydrogen-bond acceptors (Lipinski definition) is 1. The van der Waals surface area contributed by atoms with Crippen molar-refractivity contribution < 1.29 is 4.79 Å². The van der Waals surface area contributed by atoms with Crippen LogP contribution in [-0.4, -0.2) is 5.91 Å². The minimum atomic E-state index is -0.321. The average Bonchev–Trinajstić information content (AvgIpc) is 2.45. The van der Waals surface area contributed by atoms with Gasteiger partial charge in [-0.25, -0.2) is 0 Å². The molecule has 0 spiro atoms. The molecule has 1 unspecified atom stereocenters. The molecule has 0 saturated carbocycles. The number of primary amides is 1. The lowest BCUT2D eigenvalue weighted by Crippen LogP contribution is -2.15. The van der Waals surface area contributed by atoms with Gasteiger partial charge in [0, 0.05) is 5.57 Å². The van der Waals surface area contributed by atoms with E-state index in [1.165, 1.54) is 6.42 Å². The van der Waals surface area contributed by atoms with E-state index in [-0.39, 0.29) is 5.91 Å². The molecule has 1 atom stereocenters. The standard InChI is InChI=1S/C10H17NO.C3H8.C2H6.C2H4/c1-4-8(5-2)7-9(6-3)10(11)12;1-3-2;2*1-2/h4,6,8H,1,5,7H2,2-3H3,(H2,11,12);3H2,1-2H3;1-2H3;1-2H2/b9-6-;;;. The van der Waals surface area contributed by atoms with Crippen molar-refractivity contribution >= 4 is 5.91 Å². The molecule has 0 heterocycles. The van der Waals surface area contributed by atoms with E-state index in [0.29, 0.717) is 17.9 Å². The molecule has 2 nitrogen and oxygen atoms in total. The van der Waals surface area contributed by atoms with E-state index in [1.54, 1.807) is 6.08 Å². The van der Waals surface area contributed by atoms with Crippen LogP contribution in [0.25, 0.3) is 0 Å². The Morgan fingerprint density at radius 3 is 1.74 bits per heavy atom. The van der Waals surface area contributed by atoms with Gasteiger partial charge in [-0.05, 0) is 25.7 Å². The van der Waals surface area contributed by atoms with E-state index in [9.17, 15) is 4.79 Å². The average molecular weight is 269 g/mol. The highest BCUT2D eigenvalue weighted by Crippen LogP contribution is 2.15. The smallest absolute Gasteiger partial charge is 0.244 e. The molecule has 0 aliphatic carbocycles. The zero-order chi connectivity index (χ0) is 16.3. The van der Waals surface area contributed by atoms with Gasteiger partial charge in [-0.1, -0.05) is 53.2 Å². The van der Waals surface area contributed by atoms with Crippen LogP contribution in [0.3, 0.4) is 0 Å². The van der Waals surface area contributed by atoms with Crippen molar-refractivity contribution in [3.8, 4) is 0 Å². The van der Waals surface area contributed by atoms with E-state index in [2.05, 4.69) is 40.5 Å². The lowest BCUT2D eigenvalue weighted by Gasteiger charge is -2.09. The normalized spacial score (nSPS) is 10.3. The molecule has 0 fully saturated rings. The number of nitrogens with two attached hydrogens (primary N) is 1. The summed E-state index contributed by atoms with van der Waals surface area (Å²) in [4.78, 5) is 10.8. The molecule has 0 aromatic carbocycles. The first-order chi connectivity index (χ1) is 9.06. The number of carbonyl (C=O) groups is 1. The molecule has 0 saturated heterocycles. The van der Waals surface area contributed by atoms with Crippen molar-refractivity contribution in [1.82, 2.24) is 0 Å². The molecular weight excluding hydrogens is 234 g/mol. The first-order valence-corrected chi connectivity index (χ1v) is 7.14. The molecule has 0 aromatic heterocycles. The Bertz CT molecular complexity index is 219. The molecule has 2 heteroatoms. The van der Waals surface area contributed by atoms with Crippen LogP contribution in [0.1, 0.15) is 60.8 Å². The van der Waals surface area contributed by atoms with Gasteiger partial charge in [-0.15, -0.1) is 19.7 Å². The second kappa shape index (κ2) is 25.5. The van der Waals surface area contributed by atoms with E-state index in [0.717, 1.165) is 6.42 Å². The van der Waals surface area contributed by atoms with Crippen LogP contribution in [0.15, 0.2) is 37.5 Å². The van der Waals surface area contributed by atoms with Gasteiger partial charge in [0.2, 0.25) is 5.91 Å². The van der Waals surface area contributed by atoms with Crippen LogP contribution in [0, 0.1) is 5.92 Å². The van der Waals surface area contributed by atoms with Crippen molar-refractivity contribution in [2.24, 2.45) is 11.7 Å². The molecular formula is C17H35NO. The maximum atomic E-state index is 10.8. The molecule has 0 radical (unpaired) electrons. The van der Waals surface area contributed by atoms with Crippen LogP contribution in [0.2, 0.25) is 0 Å². The molecule has 0 rings (SSSR count). The number of amides is 1. The number of carbonyl (C=O) groups excluding carboxylic acids is 1. The van der Waals surface area contributed by atoms with Gasteiger partial charge >= 0.3 is 0 Å². The van der Waals surface area contributed by atoms with Crippen molar-refractivity contribution in [1.29, 1.82) is 0 Å². The van der Waals surface area contributed by atoms with Gasteiger partial charge in [-0.2, -0.15) is 0 Å². The lowest BCUT2D eigenvalue weighted by molar-refractivity contribution is -0.114. The van der Waals surface area contributed by atoms with Crippen LogP contribution in [0.4, 0.5) is 0 Å². The third-order valence-corrected chi connectivity index (χ3v) is 2.00. The fraction of sp³-hybridized carbons (Fsp3) is 0.588. The molecule has 0 aliphatic heterocycles. The first kappa shape index (κ1) is 26.3. The lowest BCUT2D eigenvalue weighted by atomic mass is 9.96. The van der Waals surface area contributed by atoms with Gasteiger partial charge in [0.05, 0.1) is 0 Å². The van der Waals surface area contributed by atoms with Gasteiger partial charge < -0.3 is 5.73 Å². The second-order valence-corrected chi connectivity index (χ2v) is 3.49. The van der Waals surface area contributed by atoms with E-state index in [4.69, 9.17) is 5.73 Å². The Balaban J connectivity index is -0.000000136. The maximum absolute atomic E-state index is 10.8. The Morgan fingerprint density at radius 2 is 1.58 bits per heavy atom. The van der Waals surface area contributed by atoms with Gasteiger partial charge in [0.15, 0.2) is 0 Å². The summed E-state index contributed by atoms with van der Waals surface area (Å²) in [5.74, 6) is 0.0431. The molecule has 1 amide bonds. The summed E-state index contributed by atoms with van der Waals surface area (Å²) in [5, 5.41) is 0. The van der Waals surface area contributed by atoms with Crippen molar-refractivity contribution in [2.75, 3.05) is 0 Å². The zero-order valence-corrected chi connectivity index (χ0v) is 14.0. The van der Waals surface area contributed by atoms with Gasteiger partial charge in [0.1, 0.15) is 0 Å². The fourth-order valence-electron chi connectivity index (χ4n) is 1.04. The topological polar surface area (TPSA) is 43.1 Å². The summed E-state index contributed by atoms with van der Waals surface area (Å²) in [5.41, 5.74) is 5.86. The SMILES string of the molecule is C=C.C=CC(CC)C/C(=C/C)C(N)=O.CC.CCC. The Kier molecular flexibility index (Phi) is 35.3. The van der Waals surface area contributed by atoms with Crippen LogP contribution in [-0.2, 0) is 4.79 Å². The Labute approximate surface area is 121 Å². The van der Waals surface area contributed by atoms with E-state index in [1.807, 2.05) is 26.8 Å². The number of allylic oxidation sites excluding steroid dienone is 2. The van der Waals surface area contributed by atoms with Crippen LogP contribution >= 0.6 is 0 Å². The van der Waals surface area contributed by atoms with Crippen molar-refractivity contribution in [3.05, 3.63) is 37.5 Å². The van der Waals surface area contributed by atoms with Gasteiger partial charge in [-0.3, -0.25) is 4.79 Å². The second-order valence-electron chi connectivity index (χ2n) is 3.49. The zero-order valence-electron chi connectivity index (χ0n) is 14.0. The molecule has 0 aliphatic rings. The maximum Gasteiger partial charge on any atom is 0.244 e.